The van der Waals surface area contributed by atoms with Gasteiger partial charge in [-0.15, -0.1) is 15.3 Å². The van der Waals surface area contributed by atoms with Crippen LogP contribution in [0.5, 0.6) is 5.75 Å². The first-order valence-corrected chi connectivity index (χ1v) is 7.54. The molecule has 0 saturated carbocycles. The molecular weight excluding hydrogens is 322 g/mol. The molecule has 0 amide bonds. The van der Waals surface area contributed by atoms with Crippen LogP contribution in [-0.2, 0) is 6.54 Å². The Morgan fingerprint density at radius 1 is 1.04 bits per heavy atom. The standard InChI is InChI=1S/C17H13N5O3/c1-24-12-8-6-11(7-9-12)16-20-19-15(25-16)10-22-17(23)13-4-2-3-5-14(13)18-21-22/h2-9H,10H2,1H3. The van der Waals surface area contributed by atoms with Crippen molar-refractivity contribution in [2.45, 2.75) is 6.54 Å². The van der Waals surface area contributed by atoms with Crippen molar-refractivity contribution in [1.29, 1.82) is 0 Å². The third-order valence-corrected chi connectivity index (χ3v) is 3.72. The van der Waals surface area contributed by atoms with Crippen molar-refractivity contribution in [2.24, 2.45) is 0 Å². The number of ether oxygens (including phenoxy) is 1. The van der Waals surface area contributed by atoms with E-state index in [9.17, 15) is 4.79 Å². The number of benzene rings is 2. The van der Waals surface area contributed by atoms with Gasteiger partial charge < -0.3 is 9.15 Å². The zero-order chi connectivity index (χ0) is 17.2. The molecule has 0 spiro atoms. The minimum Gasteiger partial charge on any atom is -0.497 e. The Morgan fingerprint density at radius 2 is 1.84 bits per heavy atom. The smallest absolute Gasteiger partial charge is 0.278 e. The second-order valence-corrected chi connectivity index (χ2v) is 5.30. The number of aromatic nitrogens is 5. The summed E-state index contributed by atoms with van der Waals surface area (Å²) in [5.74, 6) is 1.37. The fourth-order valence-corrected chi connectivity index (χ4v) is 2.42. The molecule has 0 aliphatic carbocycles. The number of methoxy groups -OCH3 is 1. The molecule has 0 aliphatic heterocycles. The third-order valence-electron chi connectivity index (χ3n) is 3.72. The lowest BCUT2D eigenvalue weighted by atomic mass is 10.2. The molecule has 2 aromatic heterocycles. The van der Waals surface area contributed by atoms with Crippen LogP contribution < -0.4 is 10.3 Å². The van der Waals surface area contributed by atoms with E-state index < -0.39 is 0 Å². The van der Waals surface area contributed by atoms with E-state index in [1.165, 1.54) is 4.68 Å². The maximum atomic E-state index is 12.4. The molecule has 8 heteroatoms. The first-order chi connectivity index (χ1) is 12.2. The lowest BCUT2D eigenvalue weighted by Gasteiger charge is -2.01. The van der Waals surface area contributed by atoms with Crippen LogP contribution in [0.15, 0.2) is 57.7 Å². The monoisotopic (exact) mass is 335 g/mol. The fourth-order valence-electron chi connectivity index (χ4n) is 2.42. The molecule has 0 radical (unpaired) electrons. The maximum Gasteiger partial charge on any atom is 0.278 e. The number of rotatable bonds is 4. The van der Waals surface area contributed by atoms with Gasteiger partial charge in [0.15, 0.2) is 0 Å². The predicted octanol–water partition coefficient (Wildman–Crippen LogP) is 1.90. The predicted molar refractivity (Wildman–Crippen MR) is 89.2 cm³/mol. The van der Waals surface area contributed by atoms with E-state index in [4.69, 9.17) is 9.15 Å². The molecule has 4 aromatic rings. The van der Waals surface area contributed by atoms with Gasteiger partial charge in [0.2, 0.25) is 11.8 Å². The normalized spacial score (nSPS) is 10.9. The zero-order valence-corrected chi connectivity index (χ0v) is 13.3. The molecule has 25 heavy (non-hydrogen) atoms. The maximum absolute atomic E-state index is 12.4. The van der Waals surface area contributed by atoms with Crippen molar-refractivity contribution in [3.8, 4) is 17.2 Å². The molecule has 0 unspecified atom stereocenters. The molecular formula is C17H13N5O3. The summed E-state index contributed by atoms with van der Waals surface area (Å²) in [4.78, 5) is 12.4. The lowest BCUT2D eigenvalue weighted by molar-refractivity contribution is 0.414. The van der Waals surface area contributed by atoms with Gasteiger partial charge in [0, 0.05) is 5.56 Å². The van der Waals surface area contributed by atoms with Gasteiger partial charge >= 0.3 is 0 Å². The average molecular weight is 335 g/mol. The highest BCUT2D eigenvalue weighted by molar-refractivity contribution is 5.76. The van der Waals surface area contributed by atoms with Crippen molar-refractivity contribution in [1.82, 2.24) is 25.2 Å². The van der Waals surface area contributed by atoms with Crippen LogP contribution in [0, 0.1) is 0 Å². The Bertz CT molecular complexity index is 1090. The first-order valence-electron chi connectivity index (χ1n) is 7.54. The summed E-state index contributed by atoms with van der Waals surface area (Å²) in [6.07, 6.45) is 0. The molecule has 2 heterocycles. The molecule has 0 saturated heterocycles. The summed E-state index contributed by atoms with van der Waals surface area (Å²) in [6, 6.07) is 14.3. The highest BCUT2D eigenvalue weighted by atomic mass is 16.5. The SMILES string of the molecule is COc1ccc(-c2nnc(Cn3nnc4ccccc4c3=O)o2)cc1. The van der Waals surface area contributed by atoms with Crippen LogP contribution in [0.2, 0.25) is 0 Å². The van der Waals surface area contributed by atoms with Crippen LogP contribution in [0.3, 0.4) is 0 Å². The van der Waals surface area contributed by atoms with E-state index in [0.29, 0.717) is 16.8 Å². The summed E-state index contributed by atoms with van der Waals surface area (Å²) >= 11 is 0. The van der Waals surface area contributed by atoms with Gasteiger partial charge in [-0.25, -0.2) is 4.68 Å². The van der Waals surface area contributed by atoms with E-state index in [1.807, 2.05) is 12.1 Å². The van der Waals surface area contributed by atoms with Crippen LogP contribution in [0.1, 0.15) is 5.89 Å². The summed E-state index contributed by atoms with van der Waals surface area (Å²) in [7, 11) is 1.60. The van der Waals surface area contributed by atoms with E-state index in [-0.39, 0.29) is 18.0 Å². The molecule has 8 nitrogen and oxygen atoms in total. The number of hydrogen-bond acceptors (Lipinski definition) is 7. The largest absolute Gasteiger partial charge is 0.497 e. The van der Waals surface area contributed by atoms with E-state index in [0.717, 1.165) is 11.3 Å². The fraction of sp³-hybridized carbons (Fsp3) is 0.118. The van der Waals surface area contributed by atoms with Crippen LogP contribution in [0.25, 0.3) is 22.4 Å². The number of fused-ring (bicyclic) bond motifs is 1. The van der Waals surface area contributed by atoms with E-state index >= 15 is 0 Å². The molecule has 124 valence electrons. The van der Waals surface area contributed by atoms with Gasteiger partial charge in [0.1, 0.15) is 17.8 Å². The topological polar surface area (TPSA) is 95.9 Å². The summed E-state index contributed by atoms with van der Waals surface area (Å²) in [5, 5.41) is 16.4. The molecule has 0 bridgehead atoms. The van der Waals surface area contributed by atoms with Gasteiger partial charge in [-0.2, -0.15) is 0 Å². The Hall–Kier alpha value is -3.55. The second-order valence-electron chi connectivity index (χ2n) is 5.30. The van der Waals surface area contributed by atoms with Crippen molar-refractivity contribution in [3.63, 3.8) is 0 Å². The molecule has 0 N–H and O–H groups in total. The van der Waals surface area contributed by atoms with E-state index in [2.05, 4.69) is 20.5 Å². The lowest BCUT2D eigenvalue weighted by Crippen LogP contribution is -2.24. The van der Waals surface area contributed by atoms with Crippen LogP contribution in [0.4, 0.5) is 0 Å². The molecule has 4 rings (SSSR count). The summed E-state index contributed by atoms with van der Waals surface area (Å²) in [6.45, 7) is 0.0554. The van der Waals surface area contributed by atoms with Crippen molar-refractivity contribution in [3.05, 3.63) is 64.8 Å². The Labute approximate surface area is 141 Å². The highest BCUT2D eigenvalue weighted by Crippen LogP contribution is 2.21. The Morgan fingerprint density at radius 3 is 2.64 bits per heavy atom. The zero-order valence-electron chi connectivity index (χ0n) is 13.3. The highest BCUT2D eigenvalue weighted by Gasteiger charge is 2.12. The van der Waals surface area contributed by atoms with E-state index in [1.54, 1.807) is 43.5 Å². The van der Waals surface area contributed by atoms with Gasteiger partial charge in [0.25, 0.3) is 5.56 Å². The molecule has 0 fully saturated rings. The molecule has 0 atom stereocenters. The summed E-state index contributed by atoms with van der Waals surface area (Å²) < 4.78 is 11.9. The van der Waals surface area contributed by atoms with Gasteiger partial charge in [-0.1, -0.05) is 17.3 Å². The Kier molecular flexibility index (Phi) is 3.70. The first kappa shape index (κ1) is 15.0. The van der Waals surface area contributed by atoms with Crippen molar-refractivity contribution >= 4 is 10.9 Å². The second kappa shape index (κ2) is 6.16. The van der Waals surface area contributed by atoms with Crippen LogP contribution in [-0.4, -0.2) is 32.3 Å². The number of nitrogens with zero attached hydrogens (tertiary/aromatic N) is 5. The van der Waals surface area contributed by atoms with Gasteiger partial charge in [-0.05, 0) is 36.4 Å². The molecule has 0 aliphatic rings. The van der Waals surface area contributed by atoms with Gasteiger partial charge in [-0.3, -0.25) is 4.79 Å². The van der Waals surface area contributed by atoms with Crippen molar-refractivity contribution in [2.75, 3.05) is 7.11 Å². The minimum absolute atomic E-state index is 0.0554. The molecule has 2 aromatic carbocycles. The number of hydrogen-bond donors (Lipinski definition) is 0. The Balaban J connectivity index is 1.63. The third kappa shape index (κ3) is 2.85. The van der Waals surface area contributed by atoms with Crippen molar-refractivity contribution < 1.29 is 9.15 Å². The quantitative estimate of drug-likeness (QED) is 0.562. The average Bonchev–Trinajstić information content (AvgIpc) is 3.13. The van der Waals surface area contributed by atoms with Crippen LogP contribution >= 0.6 is 0 Å². The summed E-state index contributed by atoms with van der Waals surface area (Å²) in [5.41, 5.74) is 1.06. The minimum atomic E-state index is -0.255. The van der Waals surface area contributed by atoms with Gasteiger partial charge in [0.05, 0.1) is 12.5 Å².